The van der Waals surface area contributed by atoms with Crippen LogP contribution in [0.25, 0.3) is 0 Å². The summed E-state index contributed by atoms with van der Waals surface area (Å²) in [7, 11) is 0. The minimum atomic E-state index is 0.443. The Morgan fingerprint density at radius 2 is 2.40 bits per heavy atom. The Kier molecular flexibility index (Phi) is 4.75. The number of nitrogens with zero attached hydrogens (tertiary/aromatic N) is 2. The molecule has 4 heteroatoms. The molecule has 0 atom stereocenters. The summed E-state index contributed by atoms with van der Waals surface area (Å²) in [6, 6.07) is 5.70. The van der Waals surface area contributed by atoms with Crippen molar-refractivity contribution in [1.29, 1.82) is 5.26 Å². The SMILES string of the molecule is CC(C)CONCc1cccnc1C#N. The Hall–Kier alpha value is -1.44. The van der Waals surface area contributed by atoms with E-state index in [1.54, 1.807) is 12.3 Å². The number of nitrogens with one attached hydrogen (secondary N) is 1. The third-order valence-corrected chi connectivity index (χ3v) is 1.78. The maximum absolute atomic E-state index is 8.78. The molecular weight excluding hydrogens is 190 g/mol. The van der Waals surface area contributed by atoms with Crippen LogP contribution in [0.5, 0.6) is 0 Å². The number of hydrogen-bond acceptors (Lipinski definition) is 4. The van der Waals surface area contributed by atoms with E-state index in [0.29, 0.717) is 24.8 Å². The van der Waals surface area contributed by atoms with Gasteiger partial charge in [0.1, 0.15) is 11.8 Å². The van der Waals surface area contributed by atoms with Crippen LogP contribution < -0.4 is 5.48 Å². The second-order valence-electron chi connectivity index (χ2n) is 3.65. The zero-order valence-corrected chi connectivity index (χ0v) is 9.03. The molecule has 0 unspecified atom stereocenters. The average Bonchev–Trinajstić information content (AvgIpc) is 2.24. The first-order valence-electron chi connectivity index (χ1n) is 4.92. The maximum Gasteiger partial charge on any atom is 0.144 e. The highest BCUT2D eigenvalue weighted by Gasteiger charge is 2.01. The molecular formula is C11H15N3O. The predicted octanol–water partition coefficient (Wildman–Crippen LogP) is 1.63. The lowest BCUT2D eigenvalue weighted by molar-refractivity contribution is 0.0195. The van der Waals surface area contributed by atoms with E-state index in [2.05, 4.69) is 24.3 Å². The molecule has 0 fully saturated rings. The zero-order valence-electron chi connectivity index (χ0n) is 9.03. The Bertz CT molecular complexity index is 344. The summed E-state index contributed by atoms with van der Waals surface area (Å²) >= 11 is 0. The minimum Gasteiger partial charge on any atom is -0.301 e. The molecule has 0 aliphatic rings. The molecule has 0 spiro atoms. The Balaban J connectivity index is 2.41. The maximum atomic E-state index is 8.78. The summed E-state index contributed by atoms with van der Waals surface area (Å²) in [6.45, 7) is 5.31. The number of rotatable bonds is 5. The van der Waals surface area contributed by atoms with Crippen molar-refractivity contribution >= 4 is 0 Å². The van der Waals surface area contributed by atoms with Gasteiger partial charge < -0.3 is 4.84 Å². The molecule has 1 aromatic heterocycles. The van der Waals surface area contributed by atoms with Crippen LogP contribution in [0.15, 0.2) is 18.3 Å². The van der Waals surface area contributed by atoms with Gasteiger partial charge in [0.25, 0.3) is 0 Å². The standard InChI is InChI=1S/C11H15N3O/c1-9(2)8-15-14-7-10-4-3-5-13-11(10)6-12/h3-5,9,14H,7-8H2,1-2H3. The smallest absolute Gasteiger partial charge is 0.144 e. The van der Waals surface area contributed by atoms with Gasteiger partial charge >= 0.3 is 0 Å². The van der Waals surface area contributed by atoms with Gasteiger partial charge in [0.15, 0.2) is 0 Å². The fourth-order valence-electron chi connectivity index (χ4n) is 1.04. The van der Waals surface area contributed by atoms with Crippen molar-refractivity contribution in [2.24, 2.45) is 5.92 Å². The first-order valence-corrected chi connectivity index (χ1v) is 4.92. The highest BCUT2D eigenvalue weighted by atomic mass is 16.6. The number of nitriles is 1. The number of aromatic nitrogens is 1. The molecule has 1 N–H and O–H groups in total. The minimum absolute atomic E-state index is 0.443. The van der Waals surface area contributed by atoms with Gasteiger partial charge in [0.05, 0.1) is 6.61 Å². The van der Waals surface area contributed by atoms with Crippen LogP contribution in [0.1, 0.15) is 25.1 Å². The van der Waals surface area contributed by atoms with E-state index in [-0.39, 0.29) is 0 Å². The lowest BCUT2D eigenvalue weighted by Gasteiger charge is -2.08. The third kappa shape index (κ3) is 4.07. The fraction of sp³-hybridized carbons (Fsp3) is 0.455. The molecule has 1 heterocycles. The van der Waals surface area contributed by atoms with Crippen molar-refractivity contribution in [2.45, 2.75) is 20.4 Å². The van der Waals surface area contributed by atoms with E-state index >= 15 is 0 Å². The van der Waals surface area contributed by atoms with E-state index in [1.807, 2.05) is 12.1 Å². The van der Waals surface area contributed by atoms with E-state index < -0.39 is 0 Å². The van der Waals surface area contributed by atoms with Gasteiger partial charge in [-0.2, -0.15) is 10.7 Å². The molecule has 80 valence electrons. The van der Waals surface area contributed by atoms with Crippen LogP contribution in [-0.2, 0) is 11.4 Å². The summed E-state index contributed by atoms with van der Waals surface area (Å²) in [6.07, 6.45) is 1.61. The van der Waals surface area contributed by atoms with Crippen molar-refractivity contribution in [2.75, 3.05) is 6.61 Å². The Morgan fingerprint density at radius 1 is 1.60 bits per heavy atom. The summed E-state index contributed by atoms with van der Waals surface area (Å²) in [5, 5.41) is 8.78. The molecule has 0 saturated carbocycles. The van der Waals surface area contributed by atoms with Crippen LogP contribution in [0.2, 0.25) is 0 Å². The van der Waals surface area contributed by atoms with Crippen molar-refractivity contribution in [1.82, 2.24) is 10.5 Å². The normalized spacial score (nSPS) is 10.3. The number of hydrogen-bond donors (Lipinski definition) is 1. The first-order chi connectivity index (χ1) is 7.24. The molecule has 15 heavy (non-hydrogen) atoms. The fourth-order valence-corrected chi connectivity index (χ4v) is 1.04. The monoisotopic (exact) mass is 205 g/mol. The Morgan fingerprint density at radius 3 is 3.07 bits per heavy atom. The van der Waals surface area contributed by atoms with E-state index in [4.69, 9.17) is 10.1 Å². The van der Waals surface area contributed by atoms with Gasteiger partial charge in [-0.25, -0.2) is 4.98 Å². The molecule has 0 aromatic carbocycles. The van der Waals surface area contributed by atoms with Crippen LogP contribution >= 0.6 is 0 Å². The average molecular weight is 205 g/mol. The molecule has 0 bridgehead atoms. The largest absolute Gasteiger partial charge is 0.301 e. The van der Waals surface area contributed by atoms with Gasteiger partial charge in [-0.05, 0) is 12.0 Å². The van der Waals surface area contributed by atoms with Crippen LogP contribution in [0.4, 0.5) is 0 Å². The summed E-state index contributed by atoms with van der Waals surface area (Å²) in [4.78, 5) is 9.17. The number of hydroxylamine groups is 1. The molecule has 1 rings (SSSR count). The third-order valence-electron chi connectivity index (χ3n) is 1.78. The van der Waals surface area contributed by atoms with Crippen molar-refractivity contribution in [3.8, 4) is 6.07 Å². The van der Waals surface area contributed by atoms with Gasteiger partial charge in [0, 0.05) is 18.3 Å². The molecule has 4 nitrogen and oxygen atoms in total. The summed E-state index contributed by atoms with van der Waals surface area (Å²) in [5.74, 6) is 0.488. The summed E-state index contributed by atoms with van der Waals surface area (Å²) in [5.41, 5.74) is 4.11. The molecule has 0 saturated heterocycles. The molecule has 1 aromatic rings. The van der Waals surface area contributed by atoms with E-state index in [1.165, 1.54) is 0 Å². The van der Waals surface area contributed by atoms with Gasteiger partial charge in [-0.3, -0.25) is 0 Å². The van der Waals surface area contributed by atoms with Crippen LogP contribution in [0.3, 0.4) is 0 Å². The van der Waals surface area contributed by atoms with Crippen LogP contribution in [-0.4, -0.2) is 11.6 Å². The topological polar surface area (TPSA) is 57.9 Å². The second-order valence-corrected chi connectivity index (χ2v) is 3.65. The highest BCUT2D eigenvalue weighted by molar-refractivity contribution is 5.30. The lowest BCUT2D eigenvalue weighted by Crippen LogP contribution is -2.18. The van der Waals surface area contributed by atoms with Crippen LogP contribution in [0, 0.1) is 17.2 Å². The van der Waals surface area contributed by atoms with E-state index in [9.17, 15) is 0 Å². The lowest BCUT2D eigenvalue weighted by atomic mass is 10.2. The van der Waals surface area contributed by atoms with Gasteiger partial charge in [-0.15, -0.1) is 0 Å². The van der Waals surface area contributed by atoms with Crippen molar-refractivity contribution in [3.05, 3.63) is 29.6 Å². The Labute approximate surface area is 89.9 Å². The number of pyridine rings is 1. The van der Waals surface area contributed by atoms with Gasteiger partial charge in [0.2, 0.25) is 0 Å². The molecule has 0 aliphatic carbocycles. The van der Waals surface area contributed by atoms with Crippen molar-refractivity contribution in [3.63, 3.8) is 0 Å². The summed E-state index contributed by atoms with van der Waals surface area (Å²) < 4.78 is 0. The quantitative estimate of drug-likeness (QED) is 0.586. The zero-order chi connectivity index (χ0) is 11.1. The predicted molar refractivity (Wildman–Crippen MR) is 56.6 cm³/mol. The first kappa shape index (κ1) is 11.6. The van der Waals surface area contributed by atoms with E-state index in [0.717, 1.165) is 5.56 Å². The molecule has 0 radical (unpaired) electrons. The molecule has 0 aliphatic heterocycles. The van der Waals surface area contributed by atoms with Gasteiger partial charge in [-0.1, -0.05) is 19.9 Å². The van der Waals surface area contributed by atoms with Crippen molar-refractivity contribution < 1.29 is 4.84 Å². The molecule has 0 amide bonds. The second kappa shape index (κ2) is 6.12. The highest BCUT2D eigenvalue weighted by Crippen LogP contribution is 2.03.